The molecule has 4 nitrogen and oxygen atoms in total. The second kappa shape index (κ2) is 4.29. The fraction of sp³-hybridized carbons (Fsp3) is 0.385. The third-order valence-electron chi connectivity index (χ3n) is 3.35. The molecule has 1 atom stereocenters. The van der Waals surface area contributed by atoms with E-state index in [1.807, 2.05) is 13.8 Å². The van der Waals surface area contributed by atoms with Gasteiger partial charge in [0.25, 0.3) is 5.91 Å². The molecule has 0 radical (unpaired) electrons. The zero-order valence-electron chi connectivity index (χ0n) is 10.5. The van der Waals surface area contributed by atoms with Gasteiger partial charge in [0.15, 0.2) is 11.6 Å². The number of carbonyl (C=O) groups is 2. The molecule has 1 fully saturated rings. The van der Waals surface area contributed by atoms with E-state index < -0.39 is 29.1 Å². The van der Waals surface area contributed by atoms with Gasteiger partial charge in [-0.05, 0) is 24.0 Å². The maximum Gasteiger partial charge on any atom is 0.336 e. The van der Waals surface area contributed by atoms with Gasteiger partial charge in [-0.25, -0.2) is 13.6 Å². The van der Waals surface area contributed by atoms with E-state index in [2.05, 4.69) is 5.32 Å². The Morgan fingerprint density at radius 3 is 2.16 bits per heavy atom. The van der Waals surface area contributed by atoms with Crippen molar-refractivity contribution in [3.05, 3.63) is 34.9 Å². The Balaban J connectivity index is 2.30. The molecule has 0 spiro atoms. The molecular formula is C13H13F2NO3. The van der Waals surface area contributed by atoms with E-state index >= 15 is 0 Å². The summed E-state index contributed by atoms with van der Waals surface area (Å²) in [6.45, 7) is 3.89. The van der Waals surface area contributed by atoms with Crippen LogP contribution in [0.1, 0.15) is 41.0 Å². The molecule has 0 aliphatic heterocycles. The smallest absolute Gasteiger partial charge is 0.336 e. The predicted octanol–water partition coefficient (Wildman–Crippen LogP) is 2.19. The number of nitrogens with one attached hydrogen (secondary N) is 1. The Morgan fingerprint density at radius 1 is 1.26 bits per heavy atom. The summed E-state index contributed by atoms with van der Waals surface area (Å²) >= 11 is 0. The lowest BCUT2D eigenvalue weighted by Gasteiger charge is -2.09. The van der Waals surface area contributed by atoms with Crippen LogP contribution in [0, 0.1) is 17.0 Å². The number of amides is 1. The van der Waals surface area contributed by atoms with E-state index in [4.69, 9.17) is 5.11 Å². The van der Waals surface area contributed by atoms with Crippen LogP contribution in [-0.2, 0) is 0 Å². The number of halogens is 2. The summed E-state index contributed by atoms with van der Waals surface area (Å²) in [6.07, 6.45) is 0.769. The van der Waals surface area contributed by atoms with Crippen molar-refractivity contribution in [3.63, 3.8) is 0 Å². The number of hydrogen-bond donors (Lipinski definition) is 2. The standard InChI is InChI=1S/C13H13F2NO3/c1-13(2)5-10(13)16-11(17)6-3-8(14)9(15)4-7(6)12(18)19/h3-4,10H,5H2,1-2H3,(H,16,17)(H,18,19). The maximum absolute atomic E-state index is 13.1. The van der Waals surface area contributed by atoms with Gasteiger partial charge >= 0.3 is 5.97 Å². The fourth-order valence-electron chi connectivity index (χ4n) is 1.86. The van der Waals surface area contributed by atoms with Crippen molar-refractivity contribution in [1.82, 2.24) is 5.32 Å². The molecule has 1 aliphatic rings. The van der Waals surface area contributed by atoms with Crippen molar-refractivity contribution < 1.29 is 23.5 Å². The molecule has 1 saturated carbocycles. The van der Waals surface area contributed by atoms with Crippen LogP contribution < -0.4 is 5.32 Å². The van der Waals surface area contributed by atoms with Crippen LogP contribution in [0.2, 0.25) is 0 Å². The monoisotopic (exact) mass is 269 g/mol. The summed E-state index contributed by atoms with van der Waals surface area (Å²) in [6, 6.07) is 1.06. The van der Waals surface area contributed by atoms with Gasteiger partial charge < -0.3 is 10.4 Å². The third-order valence-corrected chi connectivity index (χ3v) is 3.35. The van der Waals surface area contributed by atoms with E-state index in [0.29, 0.717) is 12.1 Å². The van der Waals surface area contributed by atoms with Crippen molar-refractivity contribution >= 4 is 11.9 Å². The lowest BCUT2D eigenvalue weighted by molar-refractivity contribution is 0.0690. The molecule has 6 heteroatoms. The minimum Gasteiger partial charge on any atom is -0.478 e. The van der Waals surface area contributed by atoms with E-state index in [1.54, 1.807) is 0 Å². The minimum absolute atomic E-state index is 0.0440. The number of hydrogen-bond acceptors (Lipinski definition) is 2. The summed E-state index contributed by atoms with van der Waals surface area (Å²) in [5.41, 5.74) is -0.957. The van der Waals surface area contributed by atoms with Crippen molar-refractivity contribution in [2.75, 3.05) is 0 Å². The lowest BCUT2D eigenvalue weighted by Crippen LogP contribution is -2.30. The molecular weight excluding hydrogens is 256 g/mol. The second-order valence-corrected chi connectivity index (χ2v) is 5.34. The molecule has 1 aliphatic carbocycles. The Morgan fingerprint density at radius 2 is 1.74 bits per heavy atom. The first kappa shape index (κ1) is 13.5. The number of carboxylic acid groups (broad SMARTS) is 1. The molecule has 2 N–H and O–H groups in total. The summed E-state index contributed by atoms with van der Waals surface area (Å²) in [7, 11) is 0. The number of carboxylic acids is 1. The van der Waals surface area contributed by atoms with Crippen molar-refractivity contribution in [2.45, 2.75) is 26.3 Å². The van der Waals surface area contributed by atoms with Gasteiger partial charge in [-0.3, -0.25) is 4.79 Å². The number of rotatable bonds is 3. The molecule has 0 saturated heterocycles. The number of carbonyl (C=O) groups excluding carboxylic acids is 1. The first-order chi connectivity index (χ1) is 8.72. The summed E-state index contributed by atoms with van der Waals surface area (Å²) < 4.78 is 26.2. The normalized spacial score (nSPS) is 19.9. The molecule has 0 aromatic heterocycles. The Kier molecular flexibility index (Phi) is 3.04. The quantitative estimate of drug-likeness (QED) is 0.884. The first-order valence-corrected chi connectivity index (χ1v) is 5.75. The average Bonchev–Trinajstić information content (AvgIpc) is 2.88. The summed E-state index contributed by atoms with van der Waals surface area (Å²) in [5.74, 6) is -4.71. The molecule has 1 aromatic rings. The highest BCUT2D eigenvalue weighted by Gasteiger charge is 2.46. The highest BCUT2D eigenvalue weighted by atomic mass is 19.2. The van der Waals surface area contributed by atoms with Crippen molar-refractivity contribution in [1.29, 1.82) is 0 Å². The Bertz CT molecular complexity index is 569. The second-order valence-electron chi connectivity index (χ2n) is 5.34. The van der Waals surface area contributed by atoms with E-state index in [1.165, 1.54) is 0 Å². The molecule has 0 heterocycles. The fourth-order valence-corrected chi connectivity index (χ4v) is 1.86. The van der Waals surface area contributed by atoms with Gasteiger partial charge in [-0.15, -0.1) is 0 Å². The molecule has 0 bridgehead atoms. The van der Waals surface area contributed by atoms with Crippen LogP contribution in [0.3, 0.4) is 0 Å². The molecule has 1 unspecified atom stereocenters. The van der Waals surface area contributed by atoms with E-state index in [9.17, 15) is 18.4 Å². The van der Waals surface area contributed by atoms with E-state index in [0.717, 1.165) is 6.42 Å². The van der Waals surface area contributed by atoms with Gasteiger partial charge in [0.05, 0.1) is 11.1 Å². The first-order valence-electron chi connectivity index (χ1n) is 5.75. The van der Waals surface area contributed by atoms with Gasteiger partial charge in [0, 0.05) is 6.04 Å². The van der Waals surface area contributed by atoms with Gasteiger partial charge in [0.1, 0.15) is 0 Å². The lowest BCUT2D eigenvalue weighted by atomic mass is 10.1. The molecule has 1 amide bonds. The average molecular weight is 269 g/mol. The van der Waals surface area contributed by atoms with Crippen LogP contribution in [0.15, 0.2) is 12.1 Å². The Hall–Kier alpha value is -1.98. The molecule has 2 rings (SSSR count). The van der Waals surface area contributed by atoms with Crippen LogP contribution in [-0.4, -0.2) is 23.0 Å². The Labute approximate surface area is 108 Å². The van der Waals surface area contributed by atoms with Crippen LogP contribution >= 0.6 is 0 Å². The van der Waals surface area contributed by atoms with Gasteiger partial charge in [-0.1, -0.05) is 13.8 Å². The van der Waals surface area contributed by atoms with Gasteiger partial charge in [0.2, 0.25) is 0 Å². The summed E-state index contributed by atoms with van der Waals surface area (Å²) in [4.78, 5) is 22.9. The molecule has 19 heavy (non-hydrogen) atoms. The zero-order chi connectivity index (χ0) is 14.4. The highest BCUT2D eigenvalue weighted by molar-refractivity contribution is 6.05. The molecule has 1 aromatic carbocycles. The SMILES string of the molecule is CC1(C)CC1NC(=O)c1cc(F)c(F)cc1C(=O)O. The van der Waals surface area contributed by atoms with Crippen molar-refractivity contribution in [2.24, 2.45) is 5.41 Å². The van der Waals surface area contributed by atoms with E-state index in [-0.39, 0.29) is 17.0 Å². The minimum atomic E-state index is -1.47. The topological polar surface area (TPSA) is 66.4 Å². The summed E-state index contributed by atoms with van der Waals surface area (Å²) in [5, 5.41) is 11.5. The van der Waals surface area contributed by atoms with Crippen molar-refractivity contribution in [3.8, 4) is 0 Å². The highest BCUT2D eigenvalue weighted by Crippen LogP contribution is 2.44. The van der Waals surface area contributed by atoms with Gasteiger partial charge in [-0.2, -0.15) is 0 Å². The number of aromatic carboxylic acids is 1. The van der Waals surface area contributed by atoms with Crippen LogP contribution in [0.5, 0.6) is 0 Å². The predicted molar refractivity (Wildman–Crippen MR) is 63.0 cm³/mol. The number of benzene rings is 1. The van der Waals surface area contributed by atoms with Crippen LogP contribution in [0.25, 0.3) is 0 Å². The largest absolute Gasteiger partial charge is 0.478 e. The maximum atomic E-state index is 13.1. The third kappa shape index (κ3) is 2.57. The molecule has 102 valence electrons. The van der Waals surface area contributed by atoms with Crippen LogP contribution in [0.4, 0.5) is 8.78 Å². The zero-order valence-corrected chi connectivity index (χ0v) is 10.5.